The van der Waals surface area contributed by atoms with Gasteiger partial charge in [-0.15, -0.1) is 13.2 Å². The van der Waals surface area contributed by atoms with Gasteiger partial charge in [0.1, 0.15) is 5.75 Å². The molecular weight excluding hydrogens is 525 g/mol. The van der Waals surface area contributed by atoms with Crippen LogP contribution in [0.25, 0.3) is 0 Å². The fourth-order valence-electron chi connectivity index (χ4n) is 6.61. The van der Waals surface area contributed by atoms with Gasteiger partial charge in [0.05, 0.1) is 42.0 Å². The smallest absolute Gasteiger partial charge is 0.477 e. The number of alkyl halides is 3. The number of hydrogen-bond acceptors (Lipinski definition) is 6. The fourth-order valence-corrected chi connectivity index (χ4v) is 6.78. The number of fused-ring (bicyclic) bond motifs is 4. The van der Waals surface area contributed by atoms with Crippen molar-refractivity contribution in [3.63, 3.8) is 0 Å². The number of likely N-dealkylation sites (N-methyl/N-ethyl adjacent to an activating group) is 1. The lowest BCUT2D eigenvalue weighted by molar-refractivity contribution is -0.351. The average Bonchev–Trinajstić information content (AvgIpc) is 3.32. The van der Waals surface area contributed by atoms with E-state index in [2.05, 4.69) is 15.0 Å². The van der Waals surface area contributed by atoms with Crippen molar-refractivity contribution in [1.82, 2.24) is 14.9 Å². The molecule has 0 saturated heterocycles. The molecule has 0 spiro atoms. The number of halogens is 4. The highest BCUT2D eigenvalue weighted by molar-refractivity contribution is 6.31. The van der Waals surface area contributed by atoms with E-state index in [9.17, 15) is 23.1 Å². The molecule has 2 N–H and O–H groups in total. The monoisotopic (exact) mass is 554 g/mol. The third kappa shape index (κ3) is 4.52. The highest BCUT2D eigenvalue weighted by atomic mass is 35.5. The van der Waals surface area contributed by atoms with Crippen LogP contribution in [0.3, 0.4) is 0 Å². The van der Waals surface area contributed by atoms with Gasteiger partial charge in [-0.3, -0.25) is 9.53 Å². The molecule has 12 heteroatoms. The van der Waals surface area contributed by atoms with Crippen molar-refractivity contribution in [1.29, 1.82) is 0 Å². The Balaban J connectivity index is 1.09. The van der Waals surface area contributed by atoms with Crippen molar-refractivity contribution in [3.8, 4) is 5.75 Å². The Morgan fingerprint density at radius 2 is 2.00 bits per heavy atom. The zero-order valence-corrected chi connectivity index (χ0v) is 21.6. The van der Waals surface area contributed by atoms with Gasteiger partial charge < -0.3 is 24.6 Å². The summed E-state index contributed by atoms with van der Waals surface area (Å²) in [6.45, 7) is 0.364. The number of benzene rings is 1. The maximum Gasteiger partial charge on any atom is 0.522 e. The van der Waals surface area contributed by atoms with Crippen LogP contribution in [0.5, 0.6) is 5.75 Å². The minimum absolute atomic E-state index is 0.0646. The topological polar surface area (TPSA) is 88.9 Å². The van der Waals surface area contributed by atoms with E-state index >= 15 is 0 Å². The van der Waals surface area contributed by atoms with E-state index < -0.39 is 30.2 Å². The number of carbonyl (C=O) groups excluding carboxylic acids is 1. The first kappa shape index (κ1) is 25.8. The highest BCUT2D eigenvalue weighted by Crippen LogP contribution is 2.52. The highest BCUT2D eigenvalue weighted by Gasteiger charge is 2.56. The van der Waals surface area contributed by atoms with Crippen LogP contribution in [0.4, 0.5) is 18.9 Å². The van der Waals surface area contributed by atoms with Crippen LogP contribution in [0.15, 0.2) is 30.7 Å². The molecule has 1 amide bonds. The first-order valence-electron chi connectivity index (χ1n) is 12.9. The predicted molar refractivity (Wildman–Crippen MR) is 132 cm³/mol. The number of aromatic nitrogens is 2. The average molecular weight is 555 g/mol. The van der Waals surface area contributed by atoms with E-state index in [1.807, 2.05) is 22.7 Å². The van der Waals surface area contributed by atoms with Gasteiger partial charge in [0.2, 0.25) is 0 Å². The minimum atomic E-state index is -4.62. The molecule has 7 rings (SSSR count). The number of ether oxygens (including phenoxy) is 2. The van der Waals surface area contributed by atoms with Gasteiger partial charge in [-0.1, -0.05) is 11.6 Å². The summed E-state index contributed by atoms with van der Waals surface area (Å²) in [5.74, 6) is 0.271. The number of aliphatic hydroxyl groups is 1. The number of rotatable bonds is 5. The molecule has 2 heterocycles. The molecule has 38 heavy (non-hydrogen) atoms. The Kier molecular flexibility index (Phi) is 6.12. The summed E-state index contributed by atoms with van der Waals surface area (Å²) in [5, 5.41) is 15.0. The summed E-state index contributed by atoms with van der Waals surface area (Å²) in [4.78, 5) is 19.7. The molecule has 4 aliphatic carbocycles. The summed E-state index contributed by atoms with van der Waals surface area (Å²) in [6, 6.07) is 5.28. The third-order valence-corrected chi connectivity index (χ3v) is 9.19. The second-order valence-electron chi connectivity index (χ2n) is 11.2. The standard InChI is InChI=1S/C26H30ClF3N4O4/c1-33-13-21(37-20-3-2-16(27)10-19(20)33)23(36)32-25-6-4-24(5-7-25,11-22(25)35)34-12-18(31-14-34)15-8-17(9-15)38-26(28,29)30/h2-3,10,12,14-15,17,21-22,35H,4-9,11,13H2,1H3,(H,32,36)/t15-,17+,21?,22-,24?,25?/m0/s1. The van der Waals surface area contributed by atoms with Crippen molar-refractivity contribution in [3.05, 3.63) is 41.4 Å². The van der Waals surface area contributed by atoms with E-state index in [0.29, 0.717) is 36.6 Å². The summed E-state index contributed by atoms with van der Waals surface area (Å²) in [7, 11) is 1.88. The number of amides is 1. The molecule has 2 atom stereocenters. The quantitative estimate of drug-likeness (QED) is 0.578. The maximum absolute atomic E-state index is 13.3. The molecule has 206 valence electrons. The number of imidazole rings is 1. The van der Waals surface area contributed by atoms with Crippen molar-refractivity contribution in [2.24, 2.45) is 0 Å². The Labute approximate surface area is 223 Å². The molecular formula is C26H30ClF3N4O4. The van der Waals surface area contributed by atoms with Crippen molar-refractivity contribution >= 4 is 23.2 Å². The molecule has 4 fully saturated rings. The van der Waals surface area contributed by atoms with Crippen molar-refractivity contribution in [2.45, 2.75) is 86.6 Å². The largest absolute Gasteiger partial charge is 0.522 e. The van der Waals surface area contributed by atoms with Crippen LogP contribution in [-0.4, -0.2) is 64.4 Å². The molecule has 1 aromatic carbocycles. The summed E-state index contributed by atoms with van der Waals surface area (Å²) >= 11 is 6.10. The lowest BCUT2D eigenvalue weighted by atomic mass is 9.59. The fraction of sp³-hybridized carbons (Fsp3) is 0.615. The Morgan fingerprint density at radius 3 is 2.68 bits per heavy atom. The van der Waals surface area contributed by atoms with Crippen molar-refractivity contribution in [2.75, 3.05) is 18.5 Å². The molecule has 1 aromatic heterocycles. The second-order valence-corrected chi connectivity index (χ2v) is 11.7. The molecule has 0 radical (unpaired) electrons. The van der Waals surface area contributed by atoms with Gasteiger partial charge in [-0.05, 0) is 63.1 Å². The van der Waals surface area contributed by atoms with E-state index in [0.717, 1.165) is 24.2 Å². The lowest BCUT2D eigenvalue weighted by Crippen LogP contribution is -2.68. The summed E-state index contributed by atoms with van der Waals surface area (Å²) in [5.41, 5.74) is 0.528. The van der Waals surface area contributed by atoms with E-state index in [1.54, 1.807) is 24.5 Å². The molecule has 2 aromatic rings. The molecule has 5 aliphatic rings. The van der Waals surface area contributed by atoms with Crippen LogP contribution in [-0.2, 0) is 15.1 Å². The van der Waals surface area contributed by atoms with E-state index in [-0.39, 0.29) is 30.2 Å². The Morgan fingerprint density at radius 1 is 1.26 bits per heavy atom. The van der Waals surface area contributed by atoms with Crippen LogP contribution >= 0.6 is 11.6 Å². The molecule has 8 nitrogen and oxygen atoms in total. The van der Waals surface area contributed by atoms with Gasteiger partial charge >= 0.3 is 6.36 Å². The van der Waals surface area contributed by atoms with Gasteiger partial charge in [0.25, 0.3) is 5.91 Å². The summed E-state index contributed by atoms with van der Waals surface area (Å²) in [6.07, 6.45) is 0.475. The third-order valence-electron chi connectivity index (χ3n) is 8.95. The molecule has 1 unspecified atom stereocenters. The summed E-state index contributed by atoms with van der Waals surface area (Å²) < 4.78 is 49.4. The number of hydrogen-bond donors (Lipinski definition) is 2. The number of aliphatic hydroxyl groups excluding tert-OH is 1. The van der Waals surface area contributed by atoms with Gasteiger partial charge in [-0.25, -0.2) is 4.98 Å². The number of nitrogens with zero attached hydrogens (tertiary/aromatic N) is 3. The normalized spacial score (nSPS) is 34.3. The molecule has 1 aliphatic heterocycles. The zero-order chi connectivity index (χ0) is 26.9. The minimum Gasteiger partial charge on any atom is -0.477 e. The number of anilines is 1. The second kappa shape index (κ2) is 9.02. The van der Waals surface area contributed by atoms with Crippen molar-refractivity contribution < 1.29 is 32.5 Å². The van der Waals surface area contributed by atoms with Crippen LogP contribution in [0.2, 0.25) is 5.02 Å². The molecule has 2 bridgehead atoms. The SMILES string of the molecule is CN1CC(C(=O)NC23CCC(n4cnc([C@H]5C[C@@H](OC(F)(F)F)C5)c4)(CC2)C[C@@H]3O)Oc2ccc(Cl)cc21. The zero-order valence-electron chi connectivity index (χ0n) is 20.9. The number of carbonyl (C=O) groups is 1. The van der Waals surface area contributed by atoms with Gasteiger partial charge in [0.15, 0.2) is 6.10 Å². The van der Waals surface area contributed by atoms with Crippen LogP contribution in [0, 0.1) is 0 Å². The lowest BCUT2D eigenvalue weighted by Gasteiger charge is -2.56. The first-order chi connectivity index (χ1) is 18.0. The Hall–Kier alpha value is -2.50. The molecule has 4 saturated carbocycles. The van der Waals surface area contributed by atoms with Crippen LogP contribution in [0.1, 0.15) is 56.6 Å². The predicted octanol–water partition coefficient (Wildman–Crippen LogP) is 4.11. The first-order valence-corrected chi connectivity index (χ1v) is 13.3. The maximum atomic E-state index is 13.3. The Bertz CT molecular complexity index is 1220. The van der Waals surface area contributed by atoms with E-state index in [4.69, 9.17) is 16.3 Å². The van der Waals surface area contributed by atoms with Crippen LogP contribution < -0.4 is 15.0 Å². The number of nitrogens with one attached hydrogen (secondary N) is 1. The van der Waals surface area contributed by atoms with E-state index in [1.165, 1.54) is 0 Å². The van der Waals surface area contributed by atoms with Gasteiger partial charge in [0, 0.05) is 29.7 Å². The van der Waals surface area contributed by atoms with Gasteiger partial charge in [-0.2, -0.15) is 0 Å².